The van der Waals surface area contributed by atoms with E-state index in [1.807, 2.05) is 11.3 Å². The molecule has 130 valence electrons. The molecule has 24 heavy (non-hydrogen) atoms. The lowest BCUT2D eigenvalue weighted by atomic mass is 9.96. The van der Waals surface area contributed by atoms with E-state index in [0.717, 1.165) is 49.4 Å². The second-order valence-electron chi connectivity index (χ2n) is 6.74. The van der Waals surface area contributed by atoms with E-state index < -0.39 is 10.0 Å². The van der Waals surface area contributed by atoms with E-state index in [1.54, 1.807) is 6.33 Å². The van der Waals surface area contributed by atoms with Gasteiger partial charge in [0.05, 0.1) is 11.6 Å². The van der Waals surface area contributed by atoms with Crippen molar-refractivity contribution in [3.63, 3.8) is 0 Å². The lowest BCUT2D eigenvalue weighted by Crippen LogP contribution is -2.44. The number of thiophene rings is 1. The molecule has 1 N–H and O–H groups in total. The quantitative estimate of drug-likeness (QED) is 0.900. The SMILES string of the molecule is CS(=O)(=O)NC1CCN(c2ncnc3sc4c(c23)CCCC4)CC1. The Balaban J connectivity index is 1.60. The minimum Gasteiger partial charge on any atom is -0.356 e. The van der Waals surface area contributed by atoms with Gasteiger partial charge < -0.3 is 4.90 Å². The van der Waals surface area contributed by atoms with E-state index >= 15 is 0 Å². The molecule has 1 saturated heterocycles. The minimum absolute atomic E-state index is 0.0324. The fourth-order valence-electron chi connectivity index (χ4n) is 3.83. The molecule has 6 nitrogen and oxygen atoms in total. The van der Waals surface area contributed by atoms with Gasteiger partial charge in [0, 0.05) is 24.0 Å². The molecule has 0 bridgehead atoms. The number of piperidine rings is 1. The Kier molecular flexibility index (Phi) is 4.22. The van der Waals surface area contributed by atoms with Crippen LogP contribution in [0.25, 0.3) is 10.2 Å². The summed E-state index contributed by atoms with van der Waals surface area (Å²) in [4.78, 5) is 14.0. The van der Waals surface area contributed by atoms with Crippen LogP contribution >= 0.6 is 11.3 Å². The molecule has 0 radical (unpaired) electrons. The van der Waals surface area contributed by atoms with E-state index in [4.69, 9.17) is 0 Å². The number of fused-ring (bicyclic) bond motifs is 3. The Hall–Kier alpha value is -1.25. The maximum atomic E-state index is 11.4. The number of hydrogen-bond donors (Lipinski definition) is 1. The lowest BCUT2D eigenvalue weighted by Gasteiger charge is -2.33. The second-order valence-corrected chi connectivity index (χ2v) is 9.60. The first-order chi connectivity index (χ1) is 11.5. The summed E-state index contributed by atoms with van der Waals surface area (Å²) in [7, 11) is -3.14. The van der Waals surface area contributed by atoms with Gasteiger partial charge in [-0.3, -0.25) is 0 Å². The third-order valence-corrected chi connectivity index (χ3v) is 6.87. The van der Waals surface area contributed by atoms with Crippen molar-refractivity contribution in [3.05, 3.63) is 16.8 Å². The van der Waals surface area contributed by atoms with Gasteiger partial charge in [-0.25, -0.2) is 23.1 Å². The average molecular weight is 367 g/mol. The summed E-state index contributed by atoms with van der Waals surface area (Å²) >= 11 is 1.82. The standard InChI is InChI=1S/C16H22N4O2S2/c1-24(21,22)19-11-6-8-20(9-7-11)15-14-12-4-2-3-5-13(12)23-16(14)18-10-17-15/h10-11,19H,2-9H2,1H3. The average Bonchev–Trinajstić information content (AvgIpc) is 2.93. The molecule has 2 aromatic rings. The molecule has 1 aliphatic carbocycles. The van der Waals surface area contributed by atoms with Crippen molar-refractivity contribution in [2.45, 2.75) is 44.6 Å². The number of nitrogens with one attached hydrogen (secondary N) is 1. The second kappa shape index (κ2) is 6.24. The predicted molar refractivity (Wildman–Crippen MR) is 97.3 cm³/mol. The summed E-state index contributed by atoms with van der Waals surface area (Å²) in [6, 6.07) is 0.0324. The van der Waals surface area contributed by atoms with Crippen molar-refractivity contribution in [1.82, 2.24) is 14.7 Å². The normalized spacial score (nSPS) is 19.6. The first kappa shape index (κ1) is 16.2. The largest absolute Gasteiger partial charge is 0.356 e. The van der Waals surface area contributed by atoms with Crippen molar-refractivity contribution in [3.8, 4) is 0 Å². The van der Waals surface area contributed by atoms with Crippen LogP contribution in [0.2, 0.25) is 0 Å². The number of aryl methyl sites for hydroxylation is 2. The Morgan fingerprint density at radius 2 is 1.96 bits per heavy atom. The highest BCUT2D eigenvalue weighted by Gasteiger charge is 2.26. The van der Waals surface area contributed by atoms with Crippen LogP contribution in [0, 0.1) is 0 Å². The molecule has 2 aliphatic rings. The highest BCUT2D eigenvalue weighted by atomic mass is 32.2. The lowest BCUT2D eigenvalue weighted by molar-refractivity contribution is 0.460. The van der Waals surface area contributed by atoms with Gasteiger partial charge in [-0.15, -0.1) is 11.3 Å². The molecule has 0 unspecified atom stereocenters. The maximum Gasteiger partial charge on any atom is 0.208 e. The van der Waals surface area contributed by atoms with Gasteiger partial charge in [-0.2, -0.15) is 0 Å². The molecule has 1 aliphatic heterocycles. The smallest absolute Gasteiger partial charge is 0.208 e. The van der Waals surface area contributed by atoms with Gasteiger partial charge in [0.15, 0.2) is 0 Å². The molecule has 8 heteroatoms. The zero-order chi connectivity index (χ0) is 16.7. The topological polar surface area (TPSA) is 75.2 Å². The number of aromatic nitrogens is 2. The van der Waals surface area contributed by atoms with E-state index in [2.05, 4.69) is 19.6 Å². The molecule has 0 spiro atoms. The van der Waals surface area contributed by atoms with Gasteiger partial charge >= 0.3 is 0 Å². The van der Waals surface area contributed by atoms with Crippen LogP contribution in [0.4, 0.5) is 5.82 Å². The van der Waals surface area contributed by atoms with Crippen molar-refractivity contribution < 1.29 is 8.42 Å². The molecule has 4 rings (SSSR count). The van der Waals surface area contributed by atoms with Crippen molar-refractivity contribution >= 4 is 37.4 Å². The van der Waals surface area contributed by atoms with Gasteiger partial charge in [-0.1, -0.05) is 0 Å². The number of hydrogen-bond acceptors (Lipinski definition) is 6. The summed E-state index contributed by atoms with van der Waals surface area (Å²) in [6.07, 6.45) is 9.32. The molecule has 0 amide bonds. The maximum absolute atomic E-state index is 11.4. The minimum atomic E-state index is -3.14. The van der Waals surface area contributed by atoms with Crippen LogP contribution in [-0.2, 0) is 22.9 Å². The molecule has 2 aromatic heterocycles. The van der Waals surface area contributed by atoms with Gasteiger partial charge in [-0.05, 0) is 44.1 Å². The molecule has 1 fully saturated rings. The zero-order valence-corrected chi connectivity index (χ0v) is 15.4. The first-order valence-electron chi connectivity index (χ1n) is 8.49. The number of rotatable bonds is 3. The van der Waals surface area contributed by atoms with Crippen LogP contribution in [0.1, 0.15) is 36.1 Å². The predicted octanol–water partition coefficient (Wildman–Crippen LogP) is 2.09. The van der Waals surface area contributed by atoms with Crippen LogP contribution in [0.5, 0.6) is 0 Å². The third kappa shape index (κ3) is 3.14. The highest BCUT2D eigenvalue weighted by Crippen LogP contribution is 2.39. The molecular formula is C16H22N4O2S2. The van der Waals surface area contributed by atoms with Crippen molar-refractivity contribution in [1.29, 1.82) is 0 Å². The fourth-order valence-corrected chi connectivity index (χ4v) is 5.89. The zero-order valence-electron chi connectivity index (χ0n) is 13.8. The Labute approximate surface area is 146 Å². The number of sulfonamides is 1. The number of nitrogens with zero attached hydrogens (tertiary/aromatic N) is 3. The van der Waals surface area contributed by atoms with Crippen molar-refractivity contribution in [2.75, 3.05) is 24.2 Å². The Bertz CT molecular complexity index is 854. The Morgan fingerprint density at radius 3 is 2.71 bits per heavy atom. The van der Waals surface area contributed by atoms with E-state index in [1.165, 1.54) is 34.9 Å². The molecule has 0 saturated carbocycles. The summed E-state index contributed by atoms with van der Waals surface area (Å²) < 4.78 is 25.5. The number of anilines is 1. The third-order valence-electron chi connectivity index (χ3n) is 4.91. The molecule has 0 aromatic carbocycles. The first-order valence-corrected chi connectivity index (χ1v) is 11.2. The summed E-state index contributed by atoms with van der Waals surface area (Å²) in [5.41, 5.74) is 1.45. The molecule has 0 atom stereocenters. The van der Waals surface area contributed by atoms with Crippen LogP contribution in [-0.4, -0.2) is 43.8 Å². The summed E-state index contributed by atoms with van der Waals surface area (Å²) in [5, 5.41) is 1.24. The van der Waals surface area contributed by atoms with Crippen LogP contribution in [0.15, 0.2) is 6.33 Å². The molecule has 3 heterocycles. The fraction of sp³-hybridized carbons (Fsp3) is 0.625. The monoisotopic (exact) mass is 366 g/mol. The highest BCUT2D eigenvalue weighted by molar-refractivity contribution is 7.88. The van der Waals surface area contributed by atoms with Gasteiger partial charge in [0.1, 0.15) is 17.0 Å². The Morgan fingerprint density at radius 1 is 1.21 bits per heavy atom. The van der Waals surface area contributed by atoms with Gasteiger partial charge in [0.25, 0.3) is 0 Å². The summed E-state index contributed by atoms with van der Waals surface area (Å²) in [6.45, 7) is 1.65. The summed E-state index contributed by atoms with van der Waals surface area (Å²) in [5.74, 6) is 1.04. The van der Waals surface area contributed by atoms with E-state index in [9.17, 15) is 8.42 Å². The van der Waals surface area contributed by atoms with E-state index in [-0.39, 0.29) is 6.04 Å². The van der Waals surface area contributed by atoms with Crippen LogP contribution in [0.3, 0.4) is 0 Å². The van der Waals surface area contributed by atoms with Crippen LogP contribution < -0.4 is 9.62 Å². The van der Waals surface area contributed by atoms with E-state index in [0.29, 0.717) is 0 Å². The molecular weight excluding hydrogens is 344 g/mol. The van der Waals surface area contributed by atoms with Gasteiger partial charge in [0.2, 0.25) is 10.0 Å². The van der Waals surface area contributed by atoms with Crippen molar-refractivity contribution in [2.24, 2.45) is 0 Å².